The quantitative estimate of drug-likeness (QED) is 0.556. The van der Waals surface area contributed by atoms with Crippen LogP contribution < -0.4 is 0 Å². The van der Waals surface area contributed by atoms with E-state index in [1.165, 1.54) is 18.1 Å². The van der Waals surface area contributed by atoms with Crippen LogP contribution in [0.25, 0.3) is 0 Å². The number of carbonyl (C=O) groups is 3. The van der Waals surface area contributed by atoms with Crippen LogP contribution in [0, 0.1) is 22.7 Å². The van der Waals surface area contributed by atoms with E-state index in [2.05, 4.69) is 26.0 Å². The first-order valence-electron chi connectivity index (χ1n) is 10.1. The van der Waals surface area contributed by atoms with Crippen molar-refractivity contribution in [3.05, 3.63) is 34.9 Å². The van der Waals surface area contributed by atoms with Crippen molar-refractivity contribution in [2.45, 2.75) is 59.3 Å². The average Bonchev–Trinajstić information content (AvgIpc) is 2.97. The van der Waals surface area contributed by atoms with Crippen LogP contribution in [0.2, 0.25) is 0 Å². The average molecular weight is 368 g/mol. The summed E-state index contributed by atoms with van der Waals surface area (Å²) in [6.07, 6.45) is 11.7. The van der Waals surface area contributed by atoms with E-state index in [0.717, 1.165) is 37.7 Å². The molecule has 0 heterocycles. The zero-order valence-electron chi connectivity index (χ0n) is 16.5. The molecule has 0 bridgehead atoms. The van der Waals surface area contributed by atoms with Gasteiger partial charge in [-0.1, -0.05) is 37.1 Å². The molecule has 0 N–H and O–H groups in total. The molecule has 144 valence electrons. The van der Waals surface area contributed by atoms with Gasteiger partial charge in [0.05, 0.1) is 0 Å². The van der Waals surface area contributed by atoms with E-state index < -0.39 is 5.97 Å². The number of hydrogen-bond acceptors (Lipinski definition) is 4. The van der Waals surface area contributed by atoms with E-state index in [0.29, 0.717) is 18.3 Å². The zero-order valence-corrected chi connectivity index (χ0v) is 16.5. The van der Waals surface area contributed by atoms with Crippen molar-refractivity contribution in [1.82, 2.24) is 0 Å². The molecule has 0 aliphatic heterocycles. The highest BCUT2D eigenvalue weighted by Crippen LogP contribution is 2.63. The van der Waals surface area contributed by atoms with Gasteiger partial charge in [0.25, 0.3) is 0 Å². The predicted molar refractivity (Wildman–Crippen MR) is 102 cm³/mol. The third-order valence-corrected chi connectivity index (χ3v) is 7.62. The maximum Gasteiger partial charge on any atom is 0.303 e. The Morgan fingerprint density at radius 1 is 1.22 bits per heavy atom. The van der Waals surface area contributed by atoms with Gasteiger partial charge in [-0.05, 0) is 50.0 Å². The van der Waals surface area contributed by atoms with Gasteiger partial charge >= 0.3 is 5.97 Å². The van der Waals surface area contributed by atoms with Crippen LogP contribution in [0.4, 0.5) is 0 Å². The fraction of sp³-hybridized carbons (Fsp3) is 0.609. The number of allylic oxidation sites excluding steroid dienone is 5. The molecule has 4 heteroatoms. The van der Waals surface area contributed by atoms with Gasteiger partial charge in [0.2, 0.25) is 0 Å². The summed E-state index contributed by atoms with van der Waals surface area (Å²) >= 11 is 0. The molecule has 0 spiro atoms. The summed E-state index contributed by atoms with van der Waals surface area (Å²) in [5, 5.41) is 0. The summed E-state index contributed by atoms with van der Waals surface area (Å²) in [4.78, 5) is 35.7. The van der Waals surface area contributed by atoms with Crippen molar-refractivity contribution in [3.63, 3.8) is 0 Å². The van der Waals surface area contributed by atoms with E-state index in [4.69, 9.17) is 4.74 Å². The number of fused-ring (bicyclic) bond motifs is 5. The first kappa shape index (κ1) is 18.4. The van der Waals surface area contributed by atoms with Crippen molar-refractivity contribution in [3.8, 4) is 0 Å². The van der Waals surface area contributed by atoms with Gasteiger partial charge in [-0.15, -0.1) is 0 Å². The van der Waals surface area contributed by atoms with E-state index in [-0.39, 0.29) is 29.0 Å². The van der Waals surface area contributed by atoms with Crippen LogP contribution in [0.3, 0.4) is 0 Å². The second-order valence-corrected chi connectivity index (χ2v) is 9.06. The van der Waals surface area contributed by atoms with Crippen LogP contribution >= 0.6 is 0 Å². The molecule has 4 aliphatic rings. The summed E-state index contributed by atoms with van der Waals surface area (Å²) in [5.74, 6) is 0.681. The van der Waals surface area contributed by atoms with E-state index in [1.54, 1.807) is 0 Å². The van der Waals surface area contributed by atoms with Crippen LogP contribution in [-0.2, 0) is 19.1 Å². The lowest BCUT2D eigenvalue weighted by Crippen LogP contribution is -2.44. The highest BCUT2D eigenvalue weighted by molar-refractivity contribution is 5.99. The largest absolute Gasteiger partial charge is 0.457 e. The minimum Gasteiger partial charge on any atom is -0.457 e. The highest BCUT2D eigenvalue weighted by Gasteiger charge is 2.54. The third kappa shape index (κ3) is 2.76. The first-order chi connectivity index (χ1) is 12.8. The Bertz CT molecular complexity index is 814. The van der Waals surface area contributed by atoms with Gasteiger partial charge in [0.15, 0.2) is 18.2 Å². The van der Waals surface area contributed by atoms with Crippen molar-refractivity contribution in [1.29, 1.82) is 0 Å². The predicted octanol–water partition coefficient (Wildman–Crippen LogP) is 4.11. The van der Waals surface area contributed by atoms with Crippen LogP contribution in [0.5, 0.6) is 0 Å². The molecule has 4 aliphatic carbocycles. The second kappa shape index (κ2) is 6.29. The number of Topliss-reactive ketones (excluding diaryl/α,β-unsaturated/α-hetero) is 1. The van der Waals surface area contributed by atoms with Crippen LogP contribution in [0.15, 0.2) is 34.9 Å². The summed E-state index contributed by atoms with van der Waals surface area (Å²) in [5.41, 5.74) is 3.49. The standard InChI is InChI=1S/C23H28O4/c1-14(24)27-13-21(26)20-7-6-18-17-5-4-15-12-16(25)8-10-22(15,2)19(17)9-11-23(18,20)3/h7,9,12,17-18H,4-6,8,10-11,13H2,1-3H3/t17?,18?,22?,23-/m0/s1. The molecule has 0 radical (unpaired) electrons. The van der Waals surface area contributed by atoms with Crippen molar-refractivity contribution in [2.75, 3.05) is 6.61 Å². The lowest BCUT2D eigenvalue weighted by molar-refractivity contribution is -0.145. The maximum absolute atomic E-state index is 12.7. The molecule has 4 rings (SSSR count). The molecule has 0 saturated heterocycles. The van der Waals surface area contributed by atoms with Crippen molar-refractivity contribution in [2.24, 2.45) is 22.7 Å². The molecule has 0 amide bonds. The second-order valence-electron chi connectivity index (χ2n) is 9.06. The number of ketones is 2. The third-order valence-electron chi connectivity index (χ3n) is 7.62. The van der Waals surface area contributed by atoms with Gasteiger partial charge in [-0.25, -0.2) is 0 Å². The number of esters is 1. The minimum atomic E-state index is -0.416. The molecule has 0 aromatic carbocycles. The Balaban J connectivity index is 1.62. The highest BCUT2D eigenvalue weighted by atomic mass is 16.5. The Labute approximate surface area is 160 Å². The molecule has 3 unspecified atom stereocenters. The molecule has 27 heavy (non-hydrogen) atoms. The zero-order chi connectivity index (χ0) is 19.4. The SMILES string of the molecule is CC(=O)OCC(=O)C1=CCC2C3CCC4=CC(=O)CCC4(C)C3=CC[C@]12C. The monoisotopic (exact) mass is 368 g/mol. The normalized spacial score (nSPS) is 37.3. The van der Waals surface area contributed by atoms with Gasteiger partial charge in [-0.2, -0.15) is 0 Å². The topological polar surface area (TPSA) is 60.4 Å². The fourth-order valence-electron chi connectivity index (χ4n) is 6.11. The Hall–Kier alpha value is -1.97. The number of ether oxygens (including phenoxy) is 1. The summed E-state index contributed by atoms with van der Waals surface area (Å²) in [7, 11) is 0. The first-order valence-corrected chi connectivity index (χ1v) is 10.1. The molecule has 4 atom stereocenters. The lowest BCUT2D eigenvalue weighted by atomic mass is 9.51. The maximum atomic E-state index is 12.7. The lowest BCUT2D eigenvalue weighted by Gasteiger charge is -2.53. The molecule has 1 saturated carbocycles. The number of hydrogen-bond donors (Lipinski definition) is 0. The number of carbonyl (C=O) groups excluding carboxylic acids is 3. The van der Waals surface area contributed by atoms with E-state index in [1.807, 2.05) is 6.08 Å². The molecular formula is C23H28O4. The van der Waals surface area contributed by atoms with Crippen LogP contribution in [0.1, 0.15) is 59.3 Å². The van der Waals surface area contributed by atoms with E-state index in [9.17, 15) is 14.4 Å². The van der Waals surface area contributed by atoms with Crippen LogP contribution in [-0.4, -0.2) is 24.1 Å². The van der Waals surface area contributed by atoms with Gasteiger partial charge < -0.3 is 4.74 Å². The van der Waals surface area contributed by atoms with Crippen molar-refractivity contribution < 1.29 is 19.1 Å². The molecule has 4 nitrogen and oxygen atoms in total. The Kier molecular flexibility index (Phi) is 4.28. The smallest absolute Gasteiger partial charge is 0.303 e. The van der Waals surface area contributed by atoms with E-state index >= 15 is 0 Å². The van der Waals surface area contributed by atoms with Gasteiger partial charge in [-0.3, -0.25) is 14.4 Å². The molecule has 0 aromatic rings. The van der Waals surface area contributed by atoms with Crippen molar-refractivity contribution >= 4 is 17.5 Å². The molecule has 0 aromatic heterocycles. The molecule has 1 fully saturated rings. The van der Waals surface area contributed by atoms with Gasteiger partial charge in [0.1, 0.15) is 0 Å². The number of rotatable bonds is 3. The minimum absolute atomic E-state index is 0.0165. The van der Waals surface area contributed by atoms with Gasteiger partial charge in [0, 0.05) is 29.7 Å². The summed E-state index contributed by atoms with van der Waals surface area (Å²) < 4.78 is 4.96. The Morgan fingerprint density at radius 2 is 2.00 bits per heavy atom. The fourth-order valence-corrected chi connectivity index (χ4v) is 6.11. The molecular weight excluding hydrogens is 340 g/mol. The Morgan fingerprint density at radius 3 is 2.74 bits per heavy atom. The summed E-state index contributed by atoms with van der Waals surface area (Å²) in [6.45, 7) is 5.69. The summed E-state index contributed by atoms with van der Waals surface area (Å²) in [6, 6.07) is 0.